The van der Waals surface area contributed by atoms with Gasteiger partial charge in [0, 0.05) is 21.7 Å². The van der Waals surface area contributed by atoms with Gasteiger partial charge >= 0.3 is 6.18 Å². The number of hydrogen-bond donors (Lipinski definition) is 2. The van der Waals surface area contributed by atoms with Gasteiger partial charge in [-0.15, -0.1) is 0 Å². The molecule has 0 radical (unpaired) electrons. The molecule has 1 aromatic heterocycles. The fourth-order valence-corrected chi connectivity index (χ4v) is 2.51. The summed E-state index contributed by atoms with van der Waals surface area (Å²) in [6, 6.07) is 4.88. The van der Waals surface area contributed by atoms with Gasteiger partial charge in [0.2, 0.25) is 0 Å². The summed E-state index contributed by atoms with van der Waals surface area (Å²) in [6.07, 6.45) is -2.56. The summed E-state index contributed by atoms with van der Waals surface area (Å²) in [5.74, 6) is 0. The second-order valence-corrected chi connectivity index (χ2v) is 5.87. The van der Waals surface area contributed by atoms with Crippen molar-refractivity contribution < 1.29 is 13.2 Å². The highest BCUT2D eigenvalue weighted by Crippen LogP contribution is 2.51. The smallest absolute Gasteiger partial charge is 0.398 e. The van der Waals surface area contributed by atoms with Crippen LogP contribution in [-0.2, 0) is 0 Å². The number of alkyl halides is 3. The zero-order valence-corrected chi connectivity index (χ0v) is 11.8. The molecular formula is C13H11BrF3N3. The number of nitrogens with two attached hydrogens (primary N) is 1. The number of anilines is 2. The first-order valence-corrected chi connectivity index (χ1v) is 6.80. The average Bonchev–Trinajstić information content (AvgIpc) is 3.13. The highest BCUT2D eigenvalue weighted by molar-refractivity contribution is 9.10. The summed E-state index contributed by atoms with van der Waals surface area (Å²) < 4.78 is 39.8. The first-order valence-electron chi connectivity index (χ1n) is 6.01. The fourth-order valence-electron chi connectivity index (χ4n) is 2.18. The topological polar surface area (TPSA) is 50.9 Å². The van der Waals surface area contributed by atoms with E-state index in [2.05, 4.69) is 26.2 Å². The maximum Gasteiger partial charge on any atom is 0.411 e. The van der Waals surface area contributed by atoms with Crippen LogP contribution in [0.2, 0.25) is 0 Å². The molecule has 106 valence electrons. The standard InChI is InChI=1S/C13H11BrF3N3/c14-7-5-8-9(18)1-2-10(11(8)19-6-7)20-12(3-4-12)13(15,16)17/h1-2,5-6,20H,3-4,18H2. The summed E-state index contributed by atoms with van der Waals surface area (Å²) in [4.78, 5) is 4.18. The van der Waals surface area contributed by atoms with Gasteiger partial charge in [0.1, 0.15) is 5.54 Å². The number of nitrogens with zero attached hydrogens (tertiary/aromatic N) is 1. The van der Waals surface area contributed by atoms with Crippen molar-refractivity contribution in [3.63, 3.8) is 0 Å². The van der Waals surface area contributed by atoms with Gasteiger partial charge in [-0.25, -0.2) is 0 Å². The number of nitrogen functional groups attached to an aromatic ring is 1. The monoisotopic (exact) mass is 345 g/mol. The Labute approximate surface area is 121 Å². The zero-order chi connectivity index (χ0) is 14.5. The van der Waals surface area contributed by atoms with Crippen molar-refractivity contribution in [3.05, 3.63) is 28.9 Å². The van der Waals surface area contributed by atoms with E-state index in [1.807, 2.05) is 0 Å². The third kappa shape index (κ3) is 2.09. The van der Waals surface area contributed by atoms with Crippen LogP contribution in [0.15, 0.2) is 28.9 Å². The molecule has 1 aliphatic carbocycles. The van der Waals surface area contributed by atoms with Gasteiger partial charge in [0.15, 0.2) is 0 Å². The minimum Gasteiger partial charge on any atom is -0.398 e. The predicted molar refractivity (Wildman–Crippen MR) is 75.5 cm³/mol. The summed E-state index contributed by atoms with van der Waals surface area (Å²) in [6.45, 7) is 0. The minimum absolute atomic E-state index is 0.0822. The van der Waals surface area contributed by atoms with Gasteiger partial charge in [-0.1, -0.05) is 0 Å². The number of hydrogen-bond acceptors (Lipinski definition) is 3. The van der Waals surface area contributed by atoms with Crippen LogP contribution in [0.1, 0.15) is 12.8 Å². The van der Waals surface area contributed by atoms with Gasteiger partial charge in [-0.2, -0.15) is 13.2 Å². The van der Waals surface area contributed by atoms with Crippen molar-refractivity contribution in [2.24, 2.45) is 0 Å². The lowest BCUT2D eigenvalue weighted by atomic mass is 10.1. The number of nitrogens with one attached hydrogen (secondary N) is 1. The van der Waals surface area contributed by atoms with Crippen LogP contribution < -0.4 is 11.1 Å². The van der Waals surface area contributed by atoms with E-state index in [0.29, 0.717) is 22.3 Å². The van der Waals surface area contributed by atoms with Crippen molar-refractivity contribution in [1.82, 2.24) is 4.98 Å². The number of halogens is 4. The normalized spacial score (nSPS) is 17.2. The number of fused-ring (bicyclic) bond motifs is 1. The van der Waals surface area contributed by atoms with Crippen LogP contribution in [0.25, 0.3) is 10.9 Å². The highest BCUT2D eigenvalue weighted by Gasteiger charge is 2.63. The van der Waals surface area contributed by atoms with E-state index >= 15 is 0 Å². The van der Waals surface area contributed by atoms with Crippen LogP contribution >= 0.6 is 15.9 Å². The zero-order valence-electron chi connectivity index (χ0n) is 10.3. The lowest BCUT2D eigenvalue weighted by molar-refractivity contribution is -0.151. The van der Waals surface area contributed by atoms with E-state index in [1.165, 1.54) is 0 Å². The molecule has 1 fully saturated rings. The van der Waals surface area contributed by atoms with Crippen LogP contribution in [0, 0.1) is 0 Å². The Morgan fingerprint density at radius 1 is 1.30 bits per heavy atom. The SMILES string of the molecule is Nc1ccc(NC2(C(F)(F)F)CC2)c2ncc(Br)cc12. The third-order valence-electron chi connectivity index (χ3n) is 3.52. The van der Waals surface area contributed by atoms with Gasteiger partial charge in [-0.05, 0) is 47.0 Å². The van der Waals surface area contributed by atoms with Crippen LogP contribution in [0.3, 0.4) is 0 Å². The Hall–Kier alpha value is -1.50. The Morgan fingerprint density at radius 3 is 2.60 bits per heavy atom. The molecule has 0 atom stereocenters. The first kappa shape index (κ1) is 13.5. The third-order valence-corrected chi connectivity index (χ3v) is 3.95. The molecule has 3 nitrogen and oxygen atoms in total. The maximum atomic E-state index is 13.0. The molecular weight excluding hydrogens is 335 g/mol. The Kier molecular flexibility index (Phi) is 2.86. The summed E-state index contributed by atoms with van der Waals surface area (Å²) in [7, 11) is 0. The lowest BCUT2D eigenvalue weighted by Crippen LogP contribution is -2.38. The molecule has 0 aliphatic heterocycles. The summed E-state index contributed by atoms with van der Waals surface area (Å²) in [5.41, 5.74) is 5.32. The van der Waals surface area contributed by atoms with Crippen LogP contribution in [0.4, 0.5) is 24.5 Å². The first-order chi connectivity index (χ1) is 9.32. The molecule has 1 aliphatic rings. The predicted octanol–water partition coefficient (Wildman–Crippen LogP) is 4.09. The van der Waals surface area contributed by atoms with Gasteiger partial charge in [-0.3, -0.25) is 4.98 Å². The van der Waals surface area contributed by atoms with E-state index < -0.39 is 11.7 Å². The van der Waals surface area contributed by atoms with Crippen LogP contribution in [-0.4, -0.2) is 16.7 Å². The quantitative estimate of drug-likeness (QED) is 0.806. The van der Waals surface area contributed by atoms with Crippen LogP contribution in [0.5, 0.6) is 0 Å². The molecule has 3 N–H and O–H groups in total. The van der Waals surface area contributed by atoms with Crippen molar-refractivity contribution >= 4 is 38.2 Å². The summed E-state index contributed by atoms with van der Waals surface area (Å²) in [5, 5.41) is 3.23. The number of benzene rings is 1. The number of rotatable bonds is 2. The van der Waals surface area contributed by atoms with E-state index in [1.54, 1.807) is 24.4 Å². The molecule has 1 heterocycles. The molecule has 0 spiro atoms. The lowest BCUT2D eigenvalue weighted by Gasteiger charge is -2.22. The molecule has 20 heavy (non-hydrogen) atoms. The van der Waals surface area contributed by atoms with Gasteiger partial charge in [0.25, 0.3) is 0 Å². The second-order valence-electron chi connectivity index (χ2n) is 4.96. The van der Waals surface area contributed by atoms with Crippen molar-refractivity contribution in [2.75, 3.05) is 11.1 Å². The molecule has 7 heteroatoms. The van der Waals surface area contributed by atoms with Gasteiger partial charge in [0.05, 0.1) is 11.2 Å². The molecule has 1 aromatic carbocycles. The number of pyridine rings is 1. The molecule has 1 saturated carbocycles. The fraction of sp³-hybridized carbons (Fsp3) is 0.308. The molecule has 2 aromatic rings. The maximum absolute atomic E-state index is 13.0. The van der Waals surface area contributed by atoms with E-state index in [0.717, 1.165) is 4.47 Å². The molecule has 3 rings (SSSR count). The largest absolute Gasteiger partial charge is 0.411 e. The number of aromatic nitrogens is 1. The summed E-state index contributed by atoms with van der Waals surface area (Å²) >= 11 is 3.28. The second kappa shape index (κ2) is 4.25. The van der Waals surface area contributed by atoms with E-state index in [9.17, 15) is 13.2 Å². The Morgan fingerprint density at radius 2 is 2.00 bits per heavy atom. The van der Waals surface area contributed by atoms with E-state index in [-0.39, 0.29) is 12.8 Å². The Balaban J connectivity index is 2.08. The molecule has 0 saturated heterocycles. The van der Waals surface area contributed by atoms with Gasteiger partial charge < -0.3 is 11.1 Å². The van der Waals surface area contributed by atoms with Crippen molar-refractivity contribution in [3.8, 4) is 0 Å². The van der Waals surface area contributed by atoms with Crippen molar-refractivity contribution in [2.45, 2.75) is 24.6 Å². The minimum atomic E-state index is -4.27. The molecule has 0 bridgehead atoms. The average molecular weight is 346 g/mol. The molecule has 0 amide bonds. The van der Waals surface area contributed by atoms with Crippen molar-refractivity contribution in [1.29, 1.82) is 0 Å². The Bertz CT molecular complexity index is 680. The van der Waals surface area contributed by atoms with E-state index in [4.69, 9.17) is 5.73 Å². The molecule has 0 unspecified atom stereocenters. The highest BCUT2D eigenvalue weighted by atomic mass is 79.9.